The number of carboxylic acid groups (broad SMARTS) is 2. The van der Waals surface area contributed by atoms with Crippen LogP contribution in [0.25, 0.3) is 0 Å². The van der Waals surface area contributed by atoms with Crippen LogP contribution in [0.4, 0.5) is 4.79 Å². The Labute approximate surface area is 117 Å². The third-order valence-corrected chi connectivity index (χ3v) is 3.12. The van der Waals surface area contributed by atoms with E-state index in [0.29, 0.717) is 6.54 Å². The molecule has 20 heavy (non-hydrogen) atoms. The number of urea groups is 1. The molecule has 1 rings (SSSR count). The Kier molecular flexibility index (Phi) is 6.78. The zero-order valence-corrected chi connectivity index (χ0v) is 11.3. The summed E-state index contributed by atoms with van der Waals surface area (Å²) in [5, 5.41) is 22.0. The summed E-state index contributed by atoms with van der Waals surface area (Å²) < 4.78 is 0. The molecule has 1 aliphatic rings. The molecule has 0 unspecified atom stereocenters. The van der Waals surface area contributed by atoms with Crippen LogP contribution in [0.5, 0.6) is 0 Å². The van der Waals surface area contributed by atoms with Crippen molar-refractivity contribution in [2.75, 3.05) is 26.2 Å². The van der Waals surface area contributed by atoms with Gasteiger partial charge in [-0.2, -0.15) is 0 Å². The van der Waals surface area contributed by atoms with Crippen LogP contribution in [0.1, 0.15) is 25.7 Å². The molecular formula is C12H21N3O5. The predicted molar refractivity (Wildman–Crippen MR) is 70.5 cm³/mol. The molecule has 1 atom stereocenters. The van der Waals surface area contributed by atoms with Gasteiger partial charge < -0.3 is 25.7 Å². The van der Waals surface area contributed by atoms with Crippen molar-refractivity contribution < 1.29 is 24.6 Å². The highest BCUT2D eigenvalue weighted by atomic mass is 16.4. The fourth-order valence-electron chi connectivity index (χ4n) is 2.09. The minimum atomic E-state index is -1.41. The standard InChI is InChI=1S/C12H21N3O5/c16-10(17)8-9(11(18)19)14-12(20)13-4-3-7-15-5-1-2-6-15/h9H,1-8H2,(H,16,17)(H,18,19)(H2,13,14,20)/t9-/m1/s1. The van der Waals surface area contributed by atoms with E-state index in [1.54, 1.807) is 0 Å². The number of aliphatic carboxylic acids is 2. The van der Waals surface area contributed by atoms with Gasteiger partial charge in [-0.15, -0.1) is 0 Å². The average molecular weight is 287 g/mol. The molecular weight excluding hydrogens is 266 g/mol. The summed E-state index contributed by atoms with van der Waals surface area (Å²) >= 11 is 0. The monoisotopic (exact) mass is 287 g/mol. The Bertz CT molecular complexity index is 355. The molecule has 8 heteroatoms. The third kappa shape index (κ3) is 6.37. The SMILES string of the molecule is O=C(O)C[C@@H](NC(=O)NCCCN1CCCC1)C(=O)O. The van der Waals surface area contributed by atoms with Crippen LogP contribution in [0.2, 0.25) is 0 Å². The topological polar surface area (TPSA) is 119 Å². The molecule has 0 spiro atoms. The summed E-state index contributed by atoms with van der Waals surface area (Å²) in [5.41, 5.74) is 0. The largest absolute Gasteiger partial charge is 0.481 e. The highest BCUT2D eigenvalue weighted by molar-refractivity contribution is 5.86. The maximum Gasteiger partial charge on any atom is 0.326 e. The Hall–Kier alpha value is -1.83. The van der Waals surface area contributed by atoms with Gasteiger partial charge in [0.15, 0.2) is 0 Å². The molecule has 4 N–H and O–H groups in total. The fourth-order valence-corrected chi connectivity index (χ4v) is 2.09. The van der Waals surface area contributed by atoms with Crippen molar-refractivity contribution in [3.8, 4) is 0 Å². The van der Waals surface area contributed by atoms with Gasteiger partial charge in [-0.05, 0) is 38.9 Å². The number of rotatable bonds is 8. The summed E-state index contributed by atoms with van der Waals surface area (Å²) in [6, 6.07) is -2.06. The number of hydrogen-bond donors (Lipinski definition) is 4. The zero-order valence-electron chi connectivity index (χ0n) is 11.3. The molecule has 0 aromatic carbocycles. The maximum atomic E-state index is 11.4. The summed E-state index contributed by atoms with van der Waals surface area (Å²) in [6.45, 7) is 3.51. The van der Waals surface area contributed by atoms with Crippen molar-refractivity contribution in [1.29, 1.82) is 0 Å². The average Bonchev–Trinajstić information content (AvgIpc) is 2.86. The van der Waals surface area contributed by atoms with Crippen LogP contribution in [0, 0.1) is 0 Å². The van der Waals surface area contributed by atoms with Gasteiger partial charge in [0.1, 0.15) is 6.04 Å². The molecule has 1 aliphatic heterocycles. The number of nitrogens with zero attached hydrogens (tertiary/aromatic N) is 1. The maximum absolute atomic E-state index is 11.4. The molecule has 0 aliphatic carbocycles. The molecule has 0 aromatic rings. The lowest BCUT2D eigenvalue weighted by Crippen LogP contribution is -2.47. The van der Waals surface area contributed by atoms with E-state index in [9.17, 15) is 14.4 Å². The van der Waals surface area contributed by atoms with Crippen molar-refractivity contribution >= 4 is 18.0 Å². The molecule has 0 aromatic heterocycles. The van der Waals surface area contributed by atoms with Crippen LogP contribution < -0.4 is 10.6 Å². The smallest absolute Gasteiger partial charge is 0.326 e. The van der Waals surface area contributed by atoms with Gasteiger partial charge >= 0.3 is 18.0 Å². The first-order valence-electron chi connectivity index (χ1n) is 6.70. The third-order valence-electron chi connectivity index (χ3n) is 3.12. The van der Waals surface area contributed by atoms with Crippen molar-refractivity contribution in [2.45, 2.75) is 31.7 Å². The van der Waals surface area contributed by atoms with E-state index >= 15 is 0 Å². The second-order valence-corrected chi connectivity index (χ2v) is 4.79. The first-order valence-corrected chi connectivity index (χ1v) is 6.70. The number of amides is 2. The lowest BCUT2D eigenvalue weighted by Gasteiger charge is -2.15. The minimum Gasteiger partial charge on any atom is -0.481 e. The van der Waals surface area contributed by atoms with E-state index in [0.717, 1.165) is 26.1 Å². The van der Waals surface area contributed by atoms with E-state index in [1.165, 1.54) is 12.8 Å². The van der Waals surface area contributed by atoms with Gasteiger partial charge in [0.05, 0.1) is 6.42 Å². The van der Waals surface area contributed by atoms with E-state index in [4.69, 9.17) is 10.2 Å². The lowest BCUT2D eigenvalue weighted by molar-refractivity contribution is -0.145. The summed E-state index contributed by atoms with van der Waals surface area (Å²) in [4.78, 5) is 35.0. The fraction of sp³-hybridized carbons (Fsp3) is 0.750. The highest BCUT2D eigenvalue weighted by Gasteiger charge is 2.22. The molecule has 0 saturated carbocycles. The van der Waals surface area contributed by atoms with Gasteiger partial charge in [-0.1, -0.05) is 0 Å². The van der Waals surface area contributed by atoms with Gasteiger partial charge in [-0.3, -0.25) is 4.79 Å². The van der Waals surface area contributed by atoms with Crippen molar-refractivity contribution in [3.63, 3.8) is 0 Å². The Morgan fingerprint density at radius 2 is 1.80 bits per heavy atom. The van der Waals surface area contributed by atoms with Crippen LogP contribution in [-0.4, -0.2) is 65.3 Å². The second kappa shape index (κ2) is 8.36. The molecule has 2 amide bonds. The van der Waals surface area contributed by atoms with Crippen LogP contribution in [0.3, 0.4) is 0 Å². The molecule has 8 nitrogen and oxygen atoms in total. The van der Waals surface area contributed by atoms with Gasteiger partial charge in [0, 0.05) is 6.54 Å². The van der Waals surface area contributed by atoms with Crippen LogP contribution in [-0.2, 0) is 9.59 Å². The van der Waals surface area contributed by atoms with Gasteiger partial charge in [0.25, 0.3) is 0 Å². The van der Waals surface area contributed by atoms with E-state index < -0.39 is 30.4 Å². The number of hydrogen-bond acceptors (Lipinski definition) is 4. The summed E-state index contributed by atoms with van der Waals surface area (Å²) in [7, 11) is 0. The van der Waals surface area contributed by atoms with Crippen molar-refractivity contribution in [3.05, 3.63) is 0 Å². The Morgan fingerprint density at radius 3 is 2.35 bits per heavy atom. The first kappa shape index (κ1) is 16.2. The lowest BCUT2D eigenvalue weighted by atomic mass is 10.2. The zero-order chi connectivity index (χ0) is 15.0. The van der Waals surface area contributed by atoms with E-state index in [2.05, 4.69) is 15.5 Å². The number of carboxylic acids is 2. The number of carbonyl (C=O) groups excluding carboxylic acids is 1. The quantitative estimate of drug-likeness (QED) is 0.455. The van der Waals surface area contributed by atoms with Crippen LogP contribution in [0.15, 0.2) is 0 Å². The number of nitrogens with one attached hydrogen (secondary N) is 2. The Morgan fingerprint density at radius 1 is 1.15 bits per heavy atom. The molecule has 1 saturated heterocycles. The molecule has 1 heterocycles. The van der Waals surface area contributed by atoms with E-state index in [-0.39, 0.29) is 0 Å². The molecule has 1 fully saturated rings. The van der Waals surface area contributed by atoms with Crippen LogP contribution >= 0.6 is 0 Å². The summed E-state index contributed by atoms with van der Waals surface area (Å²) in [5.74, 6) is -2.63. The predicted octanol–water partition coefficient (Wildman–Crippen LogP) is -0.301. The molecule has 0 bridgehead atoms. The van der Waals surface area contributed by atoms with Gasteiger partial charge in [-0.25, -0.2) is 9.59 Å². The van der Waals surface area contributed by atoms with Crippen molar-refractivity contribution in [2.24, 2.45) is 0 Å². The summed E-state index contributed by atoms with van der Waals surface area (Å²) in [6.07, 6.45) is 2.56. The van der Waals surface area contributed by atoms with E-state index in [1.807, 2.05) is 0 Å². The van der Waals surface area contributed by atoms with Crippen molar-refractivity contribution in [1.82, 2.24) is 15.5 Å². The second-order valence-electron chi connectivity index (χ2n) is 4.79. The number of likely N-dealkylation sites (tertiary alicyclic amines) is 1. The molecule has 0 radical (unpaired) electrons. The first-order chi connectivity index (χ1) is 9.49. The van der Waals surface area contributed by atoms with Gasteiger partial charge in [0.2, 0.25) is 0 Å². The highest BCUT2D eigenvalue weighted by Crippen LogP contribution is 2.06. The minimum absolute atomic E-state index is 0.432. The Balaban J connectivity index is 2.17. The molecule has 114 valence electrons. The number of carbonyl (C=O) groups is 3. The normalized spacial score (nSPS) is 16.6.